The van der Waals surface area contributed by atoms with Crippen LogP contribution in [0.5, 0.6) is 0 Å². The molecule has 2 aromatic heterocycles. The second-order valence-electron chi connectivity index (χ2n) is 7.09. The normalized spacial score (nSPS) is 11.2. The van der Waals surface area contributed by atoms with Crippen LogP contribution in [0.25, 0.3) is 22.4 Å². The lowest BCUT2D eigenvalue weighted by molar-refractivity contribution is -0.384. The van der Waals surface area contributed by atoms with Crippen molar-refractivity contribution in [1.82, 2.24) is 19.1 Å². The summed E-state index contributed by atoms with van der Waals surface area (Å²) in [6.45, 7) is 0. The number of hydrogen-bond donors (Lipinski definition) is 0. The molecule has 2 aromatic carbocycles. The first-order valence-electron chi connectivity index (χ1n) is 9.46. The highest BCUT2D eigenvalue weighted by molar-refractivity contribution is 7.98. The van der Waals surface area contributed by atoms with Crippen LogP contribution >= 0.6 is 35.0 Å². The lowest BCUT2D eigenvalue weighted by atomic mass is 10.2. The van der Waals surface area contributed by atoms with E-state index < -0.39 is 16.2 Å². The van der Waals surface area contributed by atoms with Crippen molar-refractivity contribution in [3.05, 3.63) is 89.0 Å². The Bertz CT molecular complexity index is 1530. The minimum Gasteiger partial charge on any atom is -0.280 e. The maximum absolute atomic E-state index is 13.0. The standard InChI is InChI=1S/C21H15Cl2N5O4S/c1-26-18-16(20(29)27(2)21(26)30)19(33-10-12-3-6-13(22)9-15(12)23)25-17(24-18)11-4-7-14(8-5-11)28(31)32/h3-9H,10H2,1-2H3. The molecule has 0 bridgehead atoms. The van der Waals surface area contributed by atoms with Crippen molar-refractivity contribution in [2.24, 2.45) is 14.1 Å². The first-order chi connectivity index (χ1) is 15.7. The second kappa shape index (κ2) is 8.97. The maximum atomic E-state index is 13.0. The number of nitro groups is 1. The van der Waals surface area contributed by atoms with Gasteiger partial charge in [-0.1, -0.05) is 29.3 Å². The minimum absolute atomic E-state index is 0.0761. The molecule has 0 amide bonds. The molecule has 2 heterocycles. The molecule has 0 N–H and O–H groups in total. The van der Waals surface area contributed by atoms with Crippen LogP contribution in [0.15, 0.2) is 57.1 Å². The Kier molecular flexibility index (Phi) is 6.24. The molecular formula is C21H15Cl2N5O4S. The quantitative estimate of drug-likeness (QED) is 0.173. The number of halogens is 2. The lowest BCUT2D eigenvalue weighted by Gasteiger charge is -2.12. The Balaban J connectivity index is 1.89. The molecule has 0 fully saturated rings. The van der Waals surface area contributed by atoms with Crippen LogP contribution in [0.3, 0.4) is 0 Å². The predicted molar refractivity (Wildman–Crippen MR) is 128 cm³/mol. The molecule has 33 heavy (non-hydrogen) atoms. The van der Waals surface area contributed by atoms with Crippen LogP contribution in [0.1, 0.15) is 5.56 Å². The van der Waals surface area contributed by atoms with Crippen molar-refractivity contribution in [2.75, 3.05) is 0 Å². The van der Waals surface area contributed by atoms with Crippen LogP contribution in [0, 0.1) is 10.1 Å². The molecule has 0 aliphatic rings. The van der Waals surface area contributed by atoms with Crippen LogP contribution in [0.2, 0.25) is 10.0 Å². The van der Waals surface area contributed by atoms with Crippen molar-refractivity contribution in [3.8, 4) is 11.4 Å². The summed E-state index contributed by atoms with van der Waals surface area (Å²) in [5, 5.41) is 12.5. The Morgan fingerprint density at radius 1 is 1.03 bits per heavy atom. The number of fused-ring (bicyclic) bond motifs is 1. The average molecular weight is 504 g/mol. The highest BCUT2D eigenvalue weighted by Gasteiger charge is 2.19. The molecule has 0 saturated carbocycles. The van der Waals surface area contributed by atoms with Gasteiger partial charge in [-0.15, -0.1) is 11.8 Å². The number of nitro benzene ring substituents is 1. The number of thioether (sulfide) groups is 1. The summed E-state index contributed by atoms with van der Waals surface area (Å²) in [6, 6.07) is 10.8. The molecular weight excluding hydrogens is 489 g/mol. The molecule has 0 aliphatic carbocycles. The zero-order valence-electron chi connectivity index (χ0n) is 17.3. The van der Waals surface area contributed by atoms with E-state index in [0.717, 1.165) is 10.1 Å². The fraction of sp³-hybridized carbons (Fsp3) is 0.143. The maximum Gasteiger partial charge on any atom is 0.332 e. The third kappa shape index (κ3) is 4.37. The summed E-state index contributed by atoms with van der Waals surface area (Å²) >= 11 is 13.5. The Morgan fingerprint density at radius 2 is 1.73 bits per heavy atom. The van der Waals surface area contributed by atoms with E-state index >= 15 is 0 Å². The van der Waals surface area contributed by atoms with Gasteiger partial charge in [0.1, 0.15) is 10.4 Å². The Hall–Kier alpha value is -3.21. The number of hydrogen-bond acceptors (Lipinski definition) is 7. The topological polar surface area (TPSA) is 113 Å². The van der Waals surface area contributed by atoms with Gasteiger partial charge in [0, 0.05) is 47.6 Å². The summed E-state index contributed by atoms with van der Waals surface area (Å²) in [5.41, 5.74) is 0.327. The molecule has 12 heteroatoms. The number of aromatic nitrogens is 4. The van der Waals surface area contributed by atoms with E-state index in [1.807, 2.05) is 0 Å². The van der Waals surface area contributed by atoms with Gasteiger partial charge in [0.2, 0.25) is 0 Å². The van der Waals surface area contributed by atoms with E-state index in [9.17, 15) is 19.7 Å². The summed E-state index contributed by atoms with van der Waals surface area (Å²) in [7, 11) is 2.90. The SMILES string of the molecule is Cn1c(=O)c2c(SCc3ccc(Cl)cc3Cl)nc(-c3ccc([N+](=O)[O-])cc3)nc2n(C)c1=O. The number of nitrogens with zero attached hydrogens (tertiary/aromatic N) is 5. The summed E-state index contributed by atoms with van der Waals surface area (Å²) in [5.74, 6) is 0.610. The minimum atomic E-state index is -0.530. The Labute approximate surface area is 200 Å². The molecule has 0 radical (unpaired) electrons. The van der Waals surface area contributed by atoms with Crippen molar-refractivity contribution < 1.29 is 4.92 Å². The summed E-state index contributed by atoms with van der Waals surface area (Å²) < 4.78 is 2.27. The summed E-state index contributed by atoms with van der Waals surface area (Å²) in [4.78, 5) is 44.9. The van der Waals surface area contributed by atoms with Crippen molar-refractivity contribution in [3.63, 3.8) is 0 Å². The van der Waals surface area contributed by atoms with E-state index in [-0.39, 0.29) is 22.5 Å². The van der Waals surface area contributed by atoms with Gasteiger partial charge in [-0.2, -0.15) is 0 Å². The zero-order chi connectivity index (χ0) is 23.9. The van der Waals surface area contributed by atoms with E-state index in [1.54, 1.807) is 18.2 Å². The molecule has 0 spiro atoms. The zero-order valence-corrected chi connectivity index (χ0v) is 19.6. The smallest absolute Gasteiger partial charge is 0.280 e. The van der Waals surface area contributed by atoms with Gasteiger partial charge in [-0.25, -0.2) is 14.8 Å². The Morgan fingerprint density at radius 3 is 2.36 bits per heavy atom. The predicted octanol–water partition coefficient (Wildman–Crippen LogP) is 4.20. The average Bonchev–Trinajstić information content (AvgIpc) is 2.80. The number of aryl methyl sites for hydroxylation is 1. The molecule has 0 atom stereocenters. The fourth-order valence-corrected chi connectivity index (χ4v) is 4.75. The highest BCUT2D eigenvalue weighted by Crippen LogP contribution is 2.31. The fourth-order valence-electron chi connectivity index (χ4n) is 3.18. The molecule has 0 saturated heterocycles. The first-order valence-corrected chi connectivity index (χ1v) is 11.2. The molecule has 4 aromatic rings. The second-order valence-corrected chi connectivity index (χ2v) is 8.89. The van der Waals surface area contributed by atoms with Crippen LogP contribution in [-0.2, 0) is 19.8 Å². The van der Waals surface area contributed by atoms with Gasteiger partial charge in [-0.3, -0.25) is 24.0 Å². The molecule has 4 rings (SSSR count). The third-order valence-electron chi connectivity index (χ3n) is 4.98. The van der Waals surface area contributed by atoms with E-state index in [1.165, 1.54) is 54.7 Å². The van der Waals surface area contributed by atoms with Crippen molar-refractivity contribution >= 4 is 51.7 Å². The van der Waals surface area contributed by atoms with Crippen LogP contribution in [-0.4, -0.2) is 24.0 Å². The van der Waals surface area contributed by atoms with Gasteiger partial charge < -0.3 is 0 Å². The van der Waals surface area contributed by atoms with Gasteiger partial charge in [0.05, 0.1) is 4.92 Å². The number of benzene rings is 2. The lowest BCUT2D eigenvalue weighted by Crippen LogP contribution is -2.37. The monoisotopic (exact) mass is 503 g/mol. The third-order valence-corrected chi connectivity index (χ3v) is 6.59. The van der Waals surface area contributed by atoms with Crippen LogP contribution < -0.4 is 11.2 Å². The van der Waals surface area contributed by atoms with E-state index in [4.69, 9.17) is 23.2 Å². The molecule has 9 nitrogen and oxygen atoms in total. The van der Waals surface area contributed by atoms with Crippen molar-refractivity contribution in [2.45, 2.75) is 10.8 Å². The van der Waals surface area contributed by atoms with Gasteiger partial charge in [0.25, 0.3) is 11.2 Å². The number of non-ortho nitro benzene ring substituents is 1. The van der Waals surface area contributed by atoms with Gasteiger partial charge in [0.15, 0.2) is 11.5 Å². The largest absolute Gasteiger partial charge is 0.332 e. The number of rotatable bonds is 5. The summed E-state index contributed by atoms with van der Waals surface area (Å²) in [6.07, 6.45) is 0. The van der Waals surface area contributed by atoms with E-state index in [2.05, 4.69) is 9.97 Å². The first kappa shape index (κ1) is 23.0. The molecule has 0 unspecified atom stereocenters. The van der Waals surface area contributed by atoms with E-state index in [0.29, 0.717) is 26.4 Å². The van der Waals surface area contributed by atoms with Gasteiger partial charge >= 0.3 is 5.69 Å². The van der Waals surface area contributed by atoms with Crippen LogP contribution in [0.4, 0.5) is 5.69 Å². The molecule has 168 valence electrons. The highest BCUT2D eigenvalue weighted by atomic mass is 35.5. The molecule has 0 aliphatic heterocycles. The van der Waals surface area contributed by atoms with Gasteiger partial charge in [-0.05, 0) is 29.8 Å². The van der Waals surface area contributed by atoms with Crippen molar-refractivity contribution in [1.29, 1.82) is 0 Å².